The first-order valence-electron chi connectivity index (χ1n) is 9.40. The van der Waals surface area contributed by atoms with E-state index in [1.807, 2.05) is 16.7 Å². The number of fused-ring (bicyclic) bond motifs is 1. The molecule has 29 heavy (non-hydrogen) atoms. The van der Waals surface area contributed by atoms with Gasteiger partial charge in [0.2, 0.25) is 10.0 Å². The molecule has 0 bridgehead atoms. The third-order valence-corrected chi connectivity index (χ3v) is 5.72. The Kier molecular flexibility index (Phi) is 4.65. The number of ether oxygens (including phenoxy) is 1. The first-order chi connectivity index (χ1) is 13.7. The van der Waals surface area contributed by atoms with Crippen LogP contribution in [-0.2, 0) is 23.6 Å². The Bertz CT molecular complexity index is 1240. The van der Waals surface area contributed by atoms with Gasteiger partial charge < -0.3 is 9.30 Å². The molecule has 2 aromatic heterocycles. The van der Waals surface area contributed by atoms with Gasteiger partial charge in [-0.1, -0.05) is 0 Å². The molecule has 0 unspecified atom stereocenters. The molecule has 0 radical (unpaired) electrons. The lowest BCUT2D eigenvalue weighted by Crippen LogP contribution is -2.18. The van der Waals surface area contributed by atoms with Crippen LogP contribution in [0.1, 0.15) is 18.4 Å². The van der Waals surface area contributed by atoms with Crippen molar-refractivity contribution in [1.29, 1.82) is 0 Å². The average Bonchev–Trinajstić information content (AvgIpc) is 3.38. The maximum atomic E-state index is 12.1. The summed E-state index contributed by atoms with van der Waals surface area (Å²) in [6.45, 7) is 2.54. The summed E-state index contributed by atoms with van der Waals surface area (Å²) >= 11 is 0. The van der Waals surface area contributed by atoms with Crippen molar-refractivity contribution in [1.82, 2.24) is 14.1 Å². The van der Waals surface area contributed by atoms with E-state index in [4.69, 9.17) is 4.74 Å². The van der Waals surface area contributed by atoms with E-state index in [0.29, 0.717) is 28.7 Å². The minimum absolute atomic E-state index is 0.0650. The highest BCUT2D eigenvalue weighted by Gasteiger charge is 2.26. The minimum Gasteiger partial charge on any atom is -0.468 e. The number of hydrogen-bond acceptors (Lipinski definition) is 5. The average molecular weight is 417 g/mol. The third-order valence-electron chi connectivity index (χ3n) is 5.13. The number of nitrogens with zero attached hydrogens (tertiary/aromatic N) is 3. The molecule has 1 aliphatic rings. The number of aryl methyl sites for hydroxylation is 2. The van der Waals surface area contributed by atoms with Crippen molar-refractivity contribution < 1.29 is 13.2 Å². The van der Waals surface area contributed by atoms with Crippen molar-refractivity contribution in [3.8, 4) is 17.1 Å². The quantitative estimate of drug-likeness (QED) is 0.666. The first-order valence-corrected chi connectivity index (χ1v) is 11.3. The highest BCUT2D eigenvalue weighted by molar-refractivity contribution is 7.92. The van der Waals surface area contributed by atoms with Crippen LogP contribution in [0, 0.1) is 12.8 Å². The first kappa shape index (κ1) is 19.5. The normalized spacial score (nSPS) is 14.3. The highest BCUT2D eigenvalue weighted by atomic mass is 32.2. The van der Waals surface area contributed by atoms with Crippen LogP contribution >= 0.6 is 0 Å². The zero-order chi connectivity index (χ0) is 20.9. The van der Waals surface area contributed by atoms with E-state index in [2.05, 4.69) is 9.71 Å². The fourth-order valence-electron chi connectivity index (χ4n) is 3.57. The zero-order valence-electron chi connectivity index (χ0n) is 16.9. The number of benzene rings is 1. The van der Waals surface area contributed by atoms with Gasteiger partial charge in [0.25, 0.3) is 11.6 Å². The molecule has 0 spiro atoms. The predicted octanol–water partition coefficient (Wildman–Crippen LogP) is 2.50. The molecule has 3 aromatic rings. The van der Waals surface area contributed by atoms with Crippen LogP contribution in [0.4, 0.5) is 5.69 Å². The number of rotatable bonds is 6. The van der Waals surface area contributed by atoms with Gasteiger partial charge in [-0.2, -0.15) is 4.98 Å². The molecule has 1 saturated carbocycles. The smallest absolute Gasteiger partial charge is 0.297 e. The second kappa shape index (κ2) is 6.91. The van der Waals surface area contributed by atoms with Gasteiger partial charge in [-0.3, -0.25) is 14.1 Å². The van der Waals surface area contributed by atoms with Crippen LogP contribution in [0.3, 0.4) is 0 Å². The summed E-state index contributed by atoms with van der Waals surface area (Å²) in [6, 6.07) is 5.99. The Morgan fingerprint density at radius 3 is 2.55 bits per heavy atom. The van der Waals surface area contributed by atoms with E-state index in [1.54, 1.807) is 33.3 Å². The van der Waals surface area contributed by atoms with Crippen LogP contribution in [0.25, 0.3) is 22.2 Å². The number of pyridine rings is 1. The van der Waals surface area contributed by atoms with E-state index in [1.165, 1.54) is 4.57 Å². The van der Waals surface area contributed by atoms with Gasteiger partial charge in [0.15, 0.2) is 0 Å². The topological polar surface area (TPSA) is 95.2 Å². The standard InChI is InChI=1S/C20H24N4O4S/c1-12-7-15(11-23(2)19(12)25)14-8-16(22-29(4,26)27)18-17(9-14)24(10-13-5-6-13)20(21-18)28-3/h7-9,11,13,22H,5-6,10H2,1-4H3. The monoisotopic (exact) mass is 416 g/mol. The molecule has 2 heterocycles. The lowest BCUT2D eigenvalue weighted by Gasteiger charge is -2.12. The second-order valence-electron chi connectivity index (χ2n) is 7.75. The summed E-state index contributed by atoms with van der Waals surface area (Å²) in [4.78, 5) is 16.6. The summed E-state index contributed by atoms with van der Waals surface area (Å²) in [5.41, 5.74) is 3.89. The Labute approximate surface area is 169 Å². The second-order valence-corrected chi connectivity index (χ2v) is 9.49. The fourth-order valence-corrected chi connectivity index (χ4v) is 4.13. The Morgan fingerprint density at radius 2 is 1.97 bits per heavy atom. The van der Waals surface area contributed by atoms with E-state index in [0.717, 1.165) is 42.3 Å². The lowest BCUT2D eigenvalue weighted by atomic mass is 10.0. The number of sulfonamides is 1. The van der Waals surface area contributed by atoms with Crippen molar-refractivity contribution >= 4 is 26.7 Å². The molecule has 0 atom stereocenters. The SMILES string of the molecule is COc1nc2c(NS(C)(=O)=O)cc(-c3cc(C)c(=O)n(C)c3)cc2n1CC1CC1. The summed E-state index contributed by atoms with van der Waals surface area (Å²) in [7, 11) is -0.244. The van der Waals surface area contributed by atoms with E-state index >= 15 is 0 Å². The molecule has 1 fully saturated rings. The van der Waals surface area contributed by atoms with Crippen molar-refractivity contribution in [3.05, 3.63) is 40.3 Å². The van der Waals surface area contributed by atoms with Gasteiger partial charge in [-0.05, 0) is 55.0 Å². The molecule has 1 N–H and O–H groups in total. The van der Waals surface area contributed by atoms with Gasteiger partial charge in [0.1, 0.15) is 5.52 Å². The van der Waals surface area contributed by atoms with Gasteiger partial charge in [0, 0.05) is 25.4 Å². The van der Waals surface area contributed by atoms with Gasteiger partial charge in [0.05, 0.1) is 24.6 Å². The van der Waals surface area contributed by atoms with Crippen LogP contribution in [-0.4, -0.2) is 35.9 Å². The molecule has 0 amide bonds. The minimum atomic E-state index is -3.51. The molecule has 9 heteroatoms. The van der Waals surface area contributed by atoms with Crippen LogP contribution < -0.4 is 15.0 Å². The van der Waals surface area contributed by atoms with Crippen molar-refractivity contribution in [2.75, 3.05) is 18.1 Å². The summed E-state index contributed by atoms with van der Waals surface area (Å²) in [5.74, 6) is 0.580. The Hall–Kier alpha value is -2.81. The molecular formula is C20H24N4O4S. The van der Waals surface area contributed by atoms with Crippen LogP contribution in [0.5, 0.6) is 6.01 Å². The molecule has 1 aromatic carbocycles. The van der Waals surface area contributed by atoms with E-state index < -0.39 is 10.0 Å². The maximum Gasteiger partial charge on any atom is 0.297 e. The van der Waals surface area contributed by atoms with Crippen molar-refractivity contribution in [2.24, 2.45) is 13.0 Å². The Balaban J connectivity index is 1.98. The molecule has 4 rings (SSSR count). The largest absolute Gasteiger partial charge is 0.468 e. The number of anilines is 1. The summed E-state index contributed by atoms with van der Waals surface area (Å²) < 4.78 is 35.5. The molecule has 1 aliphatic carbocycles. The number of imidazole rings is 1. The number of nitrogens with one attached hydrogen (secondary N) is 1. The van der Waals surface area contributed by atoms with Crippen LogP contribution in [0.15, 0.2) is 29.2 Å². The van der Waals surface area contributed by atoms with Gasteiger partial charge in [-0.15, -0.1) is 0 Å². The highest BCUT2D eigenvalue weighted by Crippen LogP contribution is 2.37. The summed E-state index contributed by atoms with van der Waals surface area (Å²) in [6.07, 6.45) is 5.19. The number of methoxy groups -OCH3 is 1. The molecule has 154 valence electrons. The van der Waals surface area contributed by atoms with Crippen molar-refractivity contribution in [3.63, 3.8) is 0 Å². The molecular weight excluding hydrogens is 392 g/mol. The van der Waals surface area contributed by atoms with E-state index in [9.17, 15) is 13.2 Å². The molecule has 0 saturated heterocycles. The predicted molar refractivity (Wildman–Crippen MR) is 113 cm³/mol. The van der Waals surface area contributed by atoms with E-state index in [-0.39, 0.29) is 5.56 Å². The third kappa shape index (κ3) is 3.87. The maximum absolute atomic E-state index is 12.1. The zero-order valence-corrected chi connectivity index (χ0v) is 17.7. The number of hydrogen-bond donors (Lipinski definition) is 1. The Morgan fingerprint density at radius 1 is 1.24 bits per heavy atom. The summed E-state index contributed by atoms with van der Waals surface area (Å²) in [5, 5.41) is 0. The molecule has 0 aliphatic heterocycles. The fraction of sp³-hybridized carbons (Fsp3) is 0.400. The van der Waals surface area contributed by atoms with Gasteiger partial charge in [-0.25, -0.2) is 8.42 Å². The molecule has 8 nitrogen and oxygen atoms in total. The van der Waals surface area contributed by atoms with Crippen LogP contribution in [0.2, 0.25) is 0 Å². The van der Waals surface area contributed by atoms with Crippen molar-refractivity contribution in [2.45, 2.75) is 26.3 Å². The number of aromatic nitrogens is 3. The lowest BCUT2D eigenvalue weighted by molar-refractivity contribution is 0.356. The van der Waals surface area contributed by atoms with Gasteiger partial charge >= 0.3 is 0 Å².